The first-order valence-electron chi connectivity index (χ1n) is 13.0. The van der Waals surface area contributed by atoms with Gasteiger partial charge in [0.05, 0.1) is 23.2 Å². The van der Waals surface area contributed by atoms with Crippen LogP contribution < -0.4 is 5.56 Å². The average Bonchev–Trinajstić information content (AvgIpc) is 3.68. The van der Waals surface area contributed by atoms with Gasteiger partial charge >= 0.3 is 0 Å². The normalized spacial score (nSPS) is 17.0. The van der Waals surface area contributed by atoms with Crippen LogP contribution in [0.4, 0.5) is 13.2 Å². The Morgan fingerprint density at radius 1 is 1.07 bits per heavy atom. The number of sulfone groups is 1. The summed E-state index contributed by atoms with van der Waals surface area (Å²) in [6.07, 6.45) is 4.56. The van der Waals surface area contributed by atoms with Crippen molar-refractivity contribution in [3.63, 3.8) is 0 Å². The molecule has 5 rings (SSSR count). The first-order chi connectivity index (χ1) is 19.6. The highest BCUT2D eigenvalue weighted by Gasteiger charge is 2.42. The Kier molecular flexibility index (Phi) is 7.57. The Morgan fingerprint density at radius 2 is 1.79 bits per heavy atom. The number of hydrogen-bond donors (Lipinski definition) is 1. The lowest BCUT2D eigenvalue weighted by atomic mass is 10.0. The number of pyridine rings is 3. The lowest BCUT2D eigenvalue weighted by molar-refractivity contribution is 0.105. The van der Waals surface area contributed by atoms with Gasteiger partial charge in [-0.05, 0) is 86.9 Å². The first-order valence-corrected chi connectivity index (χ1v) is 15.1. The number of nitrogens with zero attached hydrogens (tertiary/aromatic N) is 3. The molecule has 1 aliphatic rings. The second-order valence-electron chi connectivity index (χ2n) is 11.2. The van der Waals surface area contributed by atoms with Crippen LogP contribution in [0.2, 0.25) is 5.02 Å². The van der Waals surface area contributed by atoms with Crippen LogP contribution in [0.5, 0.6) is 0 Å². The topological polar surface area (TPSA) is 102 Å². The lowest BCUT2D eigenvalue weighted by Crippen LogP contribution is -2.30. The molecule has 0 saturated heterocycles. The van der Waals surface area contributed by atoms with Crippen LogP contribution >= 0.6 is 11.6 Å². The molecule has 12 heteroatoms. The van der Waals surface area contributed by atoms with E-state index in [9.17, 15) is 22.7 Å². The van der Waals surface area contributed by atoms with Gasteiger partial charge in [0.15, 0.2) is 21.5 Å². The van der Waals surface area contributed by atoms with E-state index >= 15 is 8.78 Å². The van der Waals surface area contributed by atoms with Crippen molar-refractivity contribution in [3.05, 3.63) is 104 Å². The van der Waals surface area contributed by atoms with Crippen LogP contribution in [-0.2, 0) is 9.84 Å². The van der Waals surface area contributed by atoms with E-state index in [-0.39, 0.29) is 28.1 Å². The third-order valence-corrected chi connectivity index (χ3v) is 9.65. The van der Waals surface area contributed by atoms with E-state index in [1.165, 1.54) is 45.2 Å². The van der Waals surface area contributed by atoms with Crippen molar-refractivity contribution < 1.29 is 26.7 Å². The minimum Gasteiger partial charge on any atom is -0.389 e. The van der Waals surface area contributed by atoms with Gasteiger partial charge in [-0.3, -0.25) is 19.3 Å². The maximum Gasteiger partial charge on any atom is 0.274 e. The van der Waals surface area contributed by atoms with E-state index in [4.69, 9.17) is 11.6 Å². The van der Waals surface area contributed by atoms with Crippen molar-refractivity contribution in [1.29, 1.82) is 0 Å². The number of aromatic nitrogens is 3. The third-order valence-electron chi connectivity index (χ3n) is 7.20. The Labute approximate surface area is 245 Å². The minimum absolute atomic E-state index is 0.0747. The molecule has 3 aromatic heterocycles. The highest BCUT2D eigenvalue weighted by Crippen LogP contribution is 2.55. The summed E-state index contributed by atoms with van der Waals surface area (Å²) in [6, 6.07) is 6.53. The summed E-state index contributed by atoms with van der Waals surface area (Å²) < 4.78 is 72.3. The van der Waals surface area contributed by atoms with Gasteiger partial charge in [-0.2, -0.15) is 0 Å². The quantitative estimate of drug-likeness (QED) is 0.281. The van der Waals surface area contributed by atoms with E-state index in [1.54, 1.807) is 19.2 Å². The number of aliphatic hydroxyl groups is 1. The molecule has 0 aliphatic heterocycles. The molecule has 2 atom stereocenters. The second-order valence-corrected chi connectivity index (χ2v) is 13.6. The second kappa shape index (κ2) is 10.6. The summed E-state index contributed by atoms with van der Waals surface area (Å²) in [5.41, 5.74) is -1.63. The summed E-state index contributed by atoms with van der Waals surface area (Å²) in [4.78, 5) is 20.8. The summed E-state index contributed by atoms with van der Waals surface area (Å²) in [6.45, 7) is 5.68. The zero-order valence-corrected chi connectivity index (χ0v) is 24.7. The smallest absolute Gasteiger partial charge is 0.274 e. The molecule has 3 heterocycles. The van der Waals surface area contributed by atoms with E-state index in [1.807, 2.05) is 0 Å². The van der Waals surface area contributed by atoms with Crippen LogP contribution in [0, 0.1) is 31.3 Å². The first kappa shape index (κ1) is 29.9. The predicted molar refractivity (Wildman–Crippen MR) is 152 cm³/mol. The molecule has 42 heavy (non-hydrogen) atoms. The van der Waals surface area contributed by atoms with Crippen molar-refractivity contribution in [2.45, 2.75) is 56.4 Å². The molecule has 4 aromatic rings. The van der Waals surface area contributed by atoms with E-state index in [0.29, 0.717) is 23.2 Å². The number of hydrogen-bond acceptors (Lipinski definition) is 6. The molecule has 1 aliphatic carbocycles. The van der Waals surface area contributed by atoms with Crippen LogP contribution in [0.15, 0.2) is 58.6 Å². The highest BCUT2D eigenvalue weighted by atomic mass is 35.5. The fourth-order valence-corrected chi connectivity index (χ4v) is 7.36. The van der Waals surface area contributed by atoms with Crippen LogP contribution in [0.3, 0.4) is 0 Å². The lowest BCUT2D eigenvalue weighted by Gasteiger charge is -2.19. The third kappa shape index (κ3) is 5.48. The zero-order chi connectivity index (χ0) is 30.7. The van der Waals surface area contributed by atoms with Gasteiger partial charge in [0, 0.05) is 23.7 Å². The zero-order valence-electron chi connectivity index (χ0n) is 23.1. The van der Waals surface area contributed by atoms with Gasteiger partial charge in [-0.1, -0.05) is 17.7 Å². The SMILES string of the molecule is Cc1cnc(-c2cccc(S(=O)(=O)CC(C)(C)O)c2F)c(F)c1-n1c(C)cc([C@@H]2CC2c2cncc(F)c2)c(Cl)c1=O. The van der Waals surface area contributed by atoms with Crippen LogP contribution in [0.25, 0.3) is 16.9 Å². The fourth-order valence-electron chi connectivity index (χ4n) is 5.32. The molecule has 1 unspecified atom stereocenters. The Balaban J connectivity index is 1.59. The summed E-state index contributed by atoms with van der Waals surface area (Å²) in [5, 5.41) is 9.88. The number of halogens is 4. The standard InChI is InChI=1S/C30H27ClF3N3O4S/c1-15-11-36-27(19-6-5-7-23(25(19)33)42(40,41)14-30(3,4)39)26(34)28(15)37-16(2)8-22(24(31)29(37)38)21-10-20(21)17-9-18(32)13-35-12-17/h5-9,11-13,20-21,39H,10,14H2,1-4H3/t20?,21-/m1/s1. The van der Waals surface area contributed by atoms with Gasteiger partial charge in [0.2, 0.25) is 0 Å². The van der Waals surface area contributed by atoms with Crippen molar-refractivity contribution in [2.24, 2.45) is 0 Å². The molecule has 1 aromatic carbocycles. The molecule has 1 N–H and O–H groups in total. The van der Waals surface area contributed by atoms with E-state index < -0.39 is 60.4 Å². The largest absolute Gasteiger partial charge is 0.389 e. The maximum absolute atomic E-state index is 16.2. The average molecular weight is 618 g/mol. The van der Waals surface area contributed by atoms with Gasteiger partial charge in [-0.15, -0.1) is 0 Å². The monoisotopic (exact) mass is 617 g/mol. The summed E-state index contributed by atoms with van der Waals surface area (Å²) in [5.74, 6) is -3.72. The molecule has 1 saturated carbocycles. The van der Waals surface area contributed by atoms with Gasteiger partial charge < -0.3 is 5.11 Å². The van der Waals surface area contributed by atoms with Crippen LogP contribution in [-0.4, -0.2) is 39.4 Å². The molecule has 1 fully saturated rings. The van der Waals surface area contributed by atoms with Crippen molar-refractivity contribution in [1.82, 2.24) is 14.5 Å². The highest BCUT2D eigenvalue weighted by molar-refractivity contribution is 7.91. The molecule has 7 nitrogen and oxygen atoms in total. The molecular weight excluding hydrogens is 591 g/mol. The molecule has 0 radical (unpaired) electrons. The molecule has 0 amide bonds. The molecule has 0 bridgehead atoms. The molecular formula is C30H27ClF3N3O4S. The van der Waals surface area contributed by atoms with Crippen molar-refractivity contribution >= 4 is 21.4 Å². The Morgan fingerprint density at radius 3 is 2.45 bits per heavy atom. The van der Waals surface area contributed by atoms with Crippen molar-refractivity contribution in [2.75, 3.05) is 5.75 Å². The summed E-state index contributed by atoms with van der Waals surface area (Å²) >= 11 is 6.54. The van der Waals surface area contributed by atoms with Gasteiger partial charge in [0.1, 0.15) is 21.4 Å². The minimum atomic E-state index is -4.29. The predicted octanol–water partition coefficient (Wildman–Crippen LogP) is 5.80. The van der Waals surface area contributed by atoms with E-state index in [0.717, 1.165) is 16.8 Å². The number of rotatable bonds is 7. The Bertz CT molecular complexity index is 1910. The molecule has 0 spiro atoms. The van der Waals surface area contributed by atoms with Crippen molar-refractivity contribution in [3.8, 4) is 16.9 Å². The van der Waals surface area contributed by atoms with Gasteiger partial charge in [0.25, 0.3) is 5.56 Å². The van der Waals surface area contributed by atoms with Crippen LogP contribution in [0.1, 0.15) is 54.5 Å². The van der Waals surface area contributed by atoms with Gasteiger partial charge in [-0.25, -0.2) is 21.6 Å². The number of benzene rings is 1. The van der Waals surface area contributed by atoms with E-state index in [2.05, 4.69) is 9.97 Å². The molecule has 220 valence electrons. The number of aryl methyl sites for hydroxylation is 2. The summed E-state index contributed by atoms with van der Waals surface area (Å²) in [7, 11) is -4.29. The fraction of sp³-hybridized carbons (Fsp3) is 0.300. The maximum atomic E-state index is 16.2. The Hall–Kier alpha value is -3.54.